The van der Waals surface area contributed by atoms with E-state index in [2.05, 4.69) is 11.9 Å². The molecule has 0 radical (unpaired) electrons. The summed E-state index contributed by atoms with van der Waals surface area (Å²) in [5.74, 6) is 0. The molecule has 0 bridgehead atoms. The Morgan fingerprint density at radius 1 is 1.38 bits per heavy atom. The quantitative estimate of drug-likeness (QED) is 0.330. The van der Waals surface area contributed by atoms with E-state index < -0.39 is 0 Å². The van der Waals surface area contributed by atoms with Crippen molar-refractivity contribution in [3.8, 4) is 0 Å². The Balaban J connectivity index is 3.09. The van der Waals surface area contributed by atoms with Gasteiger partial charge in [-0.3, -0.25) is 0 Å². The lowest BCUT2D eigenvalue weighted by Gasteiger charge is -2.13. The van der Waals surface area contributed by atoms with Gasteiger partial charge in [0.15, 0.2) is 6.29 Å². The van der Waals surface area contributed by atoms with Crippen LogP contribution in [0, 0.1) is 0 Å². The number of methoxy groups -OCH3 is 2. The molecule has 4 nitrogen and oxygen atoms in total. The van der Waals surface area contributed by atoms with Crippen molar-refractivity contribution in [3.05, 3.63) is 12.8 Å². The molecule has 0 amide bonds. The zero-order valence-electron chi connectivity index (χ0n) is 8.41. The summed E-state index contributed by atoms with van der Waals surface area (Å²) < 4.78 is 14.9. The molecule has 0 heterocycles. The minimum atomic E-state index is -0.166. The van der Waals surface area contributed by atoms with Crippen LogP contribution in [0.3, 0.4) is 0 Å². The Morgan fingerprint density at radius 3 is 2.62 bits per heavy atom. The van der Waals surface area contributed by atoms with Crippen LogP contribution in [0.4, 0.5) is 0 Å². The molecule has 78 valence electrons. The van der Waals surface area contributed by atoms with E-state index in [0.717, 1.165) is 13.0 Å². The molecule has 0 aromatic rings. The first-order valence-electron chi connectivity index (χ1n) is 4.34. The molecule has 13 heavy (non-hydrogen) atoms. The van der Waals surface area contributed by atoms with Crippen LogP contribution in [0.15, 0.2) is 12.8 Å². The van der Waals surface area contributed by atoms with E-state index in [9.17, 15) is 0 Å². The molecule has 0 rings (SSSR count). The summed E-state index contributed by atoms with van der Waals surface area (Å²) in [4.78, 5) is 0. The molecule has 0 aliphatic heterocycles. The normalized spacial score (nSPS) is 10.4. The van der Waals surface area contributed by atoms with Crippen LogP contribution in [0.5, 0.6) is 0 Å². The maximum Gasteiger partial charge on any atom is 0.169 e. The second-order valence-corrected chi connectivity index (χ2v) is 2.50. The molecule has 0 atom stereocenters. The first-order valence-corrected chi connectivity index (χ1v) is 4.34. The summed E-state index contributed by atoms with van der Waals surface area (Å²) >= 11 is 0. The van der Waals surface area contributed by atoms with Crippen molar-refractivity contribution < 1.29 is 14.2 Å². The van der Waals surface area contributed by atoms with E-state index in [1.807, 2.05) is 0 Å². The third-order valence-electron chi connectivity index (χ3n) is 1.57. The minimum Gasteiger partial charge on any atom is -0.502 e. The summed E-state index contributed by atoms with van der Waals surface area (Å²) in [6, 6.07) is 0. The third-order valence-corrected chi connectivity index (χ3v) is 1.57. The molecule has 0 aromatic carbocycles. The zero-order valence-corrected chi connectivity index (χ0v) is 8.41. The smallest absolute Gasteiger partial charge is 0.169 e. The average Bonchev–Trinajstić information content (AvgIpc) is 2.17. The van der Waals surface area contributed by atoms with Crippen molar-refractivity contribution >= 4 is 0 Å². The van der Waals surface area contributed by atoms with Crippen LogP contribution < -0.4 is 5.32 Å². The SMILES string of the molecule is C=COCCCNCC(OC)OC. The molecule has 1 N–H and O–H groups in total. The molecule has 0 aliphatic carbocycles. The number of ether oxygens (including phenoxy) is 3. The van der Waals surface area contributed by atoms with Crippen molar-refractivity contribution in [2.75, 3.05) is 33.9 Å². The van der Waals surface area contributed by atoms with Crippen molar-refractivity contribution in [2.45, 2.75) is 12.7 Å². The predicted octanol–water partition coefficient (Wildman–Crippen LogP) is 0.745. The third kappa shape index (κ3) is 7.77. The lowest BCUT2D eigenvalue weighted by Crippen LogP contribution is -2.30. The minimum absolute atomic E-state index is 0.166. The summed E-state index contributed by atoms with van der Waals surface area (Å²) in [5.41, 5.74) is 0. The standard InChI is InChI=1S/C9H19NO3/c1-4-13-7-5-6-10-8-9(11-2)12-3/h4,9-10H,1,5-8H2,2-3H3. The van der Waals surface area contributed by atoms with E-state index in [-0.39, 0.29) is 6.29 Å². The predicted molar refractivity (Wildman–Crippen MR) is 51.4 cm³/mol. The van der Waals surface area contributed by atoms with Gasteiger partial charge in [-0.05, 0) is 13.0 Å². The first-order chi connectivity index (χ1) is 6.35. The van der Waals surface area contributed by atoms with Crippen molar-refractivity contribution in [1.82, 2.24) is 5.32 Å². The first kappa shape index (κ1) is 12.4. The Kier molecular flexibility index (Phi) is 9.08. The fourth-order valence-corrected chi connectivity index (χ4v) is 0.847. The molecule has 4 heteroatoms. The Morgan fingerprint density at radius 2 is 2.08 bits per heavy atom. The number of hydrogen-bond acceptors (Lipinski definition) is 4. The molecule has 0 aromatic heterocycles. The van der Waals surface area contributed by atoms with E-state index in [1.165, 1.54) is 6.26 Å². The van der Waals surface area contributed by atoms with Gasteiger partial charge >= 0.3 is 0 Å². The van der Waals surface area contributed by atoms with Gasteiger partial charge in [0.2, 0.25) is 0 Å². The molecule has 0 aliphatic rings. The Labute approximate surface area is 79.9 Å². The number of rotatable bonds is 9. The lowest BCUT2D eigenvalue weighted by atomic mass is 10.4. The highest BCUT2D eigenvalue weighted by molar-refractivity contribution is 4.53. The van der Waals surface area contributed by atoms with Crippen LogP contribution in [0.1, 0.15) is 6.42 Å². The molecule has 0 fully saturated rings. The van der Waals surface area contributed by atoms with Crippen molar-refractivity contribution in [1.29, 1.82) is 0 Å². The number of hydrogen-bond donors (Lipinski definition) is 1. The van der Waals surface area contributed by atoms with Gasteiger partial charge < -0.3 is 19.5 Å². The van der Waals surface area contributed by atoms with Gasteiger partial charge in [0.25, 0.3) is 0 Å². The van der Waals surface area contributed by atoms with E-state index in [0.29, 0.717) is 13.2 Å². The average molecular weight is 189 g/mol. The molecule has 0 spiro atoms. The molecule has 0 saturated heterocycles. The lowest BCUT2D eigenvalue weighted by molar-refractivity contribution is -0.0987. The van der Waals surface area contributed by atoms with Crippen LogP contribution in [0.2, 0.25) is 0 Å². The molecule has 0 saturated carbocycles. The molecule has 0 unspecified atom stereocenters. The summed E-state index contributed by atoms with van der Waals surface area (Å²) in [6.45, 7) is 5.73. The highest BCUT2D eigenvalue weighted by Gasteiger charge is 2.02. The van der Waals surface area contributed by atoms with E-state index >= 15 is 0 Å². The van der Waals surface area contributed by atoms with Gasteiger partial charge in [-0.2, -0.15) is 0 Å². The molecular formula is C9H19NO3. The topological polar surface area (TPSA) is 39.7 Å². The van der Waals surface area contributed by atoms with Gasteiger partial charge in [0, 0.05) is 20.8 Å². The van der Waals surface area contributed by atoms with Gasteiger partial charge in [-0.15, -0.1) is 0 Å². The summed E-state index contributed by atoms with van der Waals surface area (Å²) in [6.07, 6.45) is 2.24. The monoisotopic (exact) mass is 189 g/mol. The largest absolute Gasteiger partial charge is 0.502 e. The van der Waals surface area contributed by atoms with Crippen LogP contribution in [-0.4, -0.2) is 40.2 Å². The van der Waals surface area contributed by atoms with Crippen molar-refractivity contribution in [2.24, 2.45) is 0 Å². The van der Waals surface area contributed by atoms with Gasteiger partial charge in [0.1, 0.15) is 0 Å². The van der Waals surface area contributed by atoms with Crippen molar-refractivity contribution in [3.63, 3.8) is 0 Å². The highest BCUT2D eigenvalue weighted by Crippen LogP contribution is 1.88. The van der Waals surface area contributed by atoms with E-state index in [1.54, 1.807) is 14.2 Å². The Hall–Kier alpha value is -0.580. The van der Waals surface area contributed by atoms with Gasteiger partial charge in [0.05, 0.1) is 12.9 Å². The van der Waals surface area contributed by atoms with Gasteiger partial charge in [-0.1, -0.05) is 6.58 Å². The number of nitrogens with one attached hydrogen (secondary N) is 1. The Bertz CT molecular complexity index is 115. The maximum absolute atomic E-state index is 5.00. The molecular weight excluding hydrogens is 170 g/mol. The van der Waals surface area contributed by atoms with E-state index in [4.69, 9.17) is 14.2 Å². The fraction of sp³-hybridized carbons (Fsp3) is 0.778. The van der Waals surface area contributed by atoms with Crippen LogP contribution in [0.25, 0.3) is 0 Å². The second-order valence-electron chi connectivity index (χ2n) is 2.50. The summed E-state index contributed by atoms with van der Waals surface area (Å²) in [7, 11) is 3.24. The fourth-order valence-electron chi connectivity index (χ4n) is 0.847. The zero-order chi connectivity index (χ0) is 9.94. The second kappa shape index (κ2) is 9.51. The maximum atomic E-state index is 5.00. The highest BCUT2D eigenvalue weighted by atomic mass is 16.7. The van der Waals surface area contributed by atoms with Crippen LogP contribution in [-0.2, 0) is 14.2 Å². The van der Waals surface area contributed by atoms with Gasteiger partial charge in [-0.25, -0.2) is 0 Å². The summed E-state index contributed by atoms with van der Waals surface area (Å²) in [5, 5.41) is 3.18. The van der Waals surface area contributed by atoms with Crippen LogP contribution >= 0.6 is 0 Å².